The molecule has 0 fully saturated rings. The molecule has 0 bridgehead atoms. The molecule has 0 radical (unpaired) electrons. The molecule has 0 saturated heterocycles. The third-order valence-corrected chi connectivity index (χ3v) is 5.18. The summed E-state index contributed by atoms with van der Waals surface area (Å²) in [7, 11) is 0. The Balaban J connectivity index is 2.18. The first kappa shape index (κ1) is 18.4. The molecule has 24 heavy (non-hydrogen) atoms. The quantitative estimate of drug-likeness (QED) is 0.594. The molecule has 0 spiro atoms. The third-order valence-electron chi connectivity index (χ3n) is 3.86. The van der Waals surface area contributed by atoms with Gasteiger partial charge in [0.15, 0.2) is 5.11 Å². The van der Waals surface area contributed by atoms with E-state index >= 15 is 0 Å². The van der Waals surface area contributed by atoms with Crippen molar-refractivity contribution in [3.8, 4) is 0 Å². The van der Waals surface area contributed by atoms with E-state index in [1.165, 1.54) is 22.5 Å². The Morgan fingerprint density at radius 2 is 1.88 bits per heavy atom. The van der Waals surface area contributed by atoms with Crippen LogP contribution in [0.1, 0.15) is 38.8 Å². The standard InChI is InChI=1S/C18H22N2O2S2/c1-6-22-17(21)15-12(4)13(5)24-16(15)20-18(23)19-14-8-7-10(2)11(3)9-14/h7-9H,6H2,1-5H3,(H2,19,20,23). The van der Waals surface area contributed by atoms with Gasteiger partial charge in [-0.3, -0.25) is 0 Å². The van der Waals surface area contributed by atoms with Crippen LogP contribution in [0.5, 0.6) is 0 Å². The van der Waals surface area contributed by atoms with Crippen LogP contribution in [-0.4, -0.2) is 17.7 Å². The number of carbonyl (C=O) groups excluding carboxylic acids is 1. The van der Waals surface area contributed by atoms with Crippen LogP contribution in [0.4, 0.5) is 10.7 Å². The van der Waals surface area contributed by atoms with Crippen LogP contribution < -0.4 is 10.6 Å². The summed E-state index contributed by atoms with van der Waals surface area (Å²) in [6.45, 7) is 10.2. The van der Waals surface area contributed by atoms with Gasteiger partial charge in [-0.25, -0.2) is 4.79 Å². The highest BCUT2D eigenvalue weighted by molar-refractivity contribution is 7.80. The van der Waals surface area contributed by atoms with Gasteiger partial charge in [-0.05, 0) is 75.7 Å². The predicted molar refractivity (Wildman–Crippen MR) is 106 cm³/mol. The van der Waals surface area contributed by atoms with E-state index in [-0.39, 0.29) is 5.97 Å². The number of hydrogen-bond donors (Lipinski definition) is 2. The van der Waals surface area contributed by atoms with Crippen molar-refractivity contribution in [2.45, 2.75) is 34.6 Å². The molecule has 2 N–H and O–H groups in total. The van der Waals surface area contributed by atoms with Gasteiger partial charge in [0.2, 0.25) is 0 Å². The van der Waals surface area contributed by atoms with Gasteiger partial charge in [0.05, 0.1) is 12.2 Å². The number of nitrogens with one attached hydrogen (secondary N) is 2. The largest absolute Gasteiger partial charge is 0.462 e. The molecule has 4 nitrogen and oxygen atoms in total. The number of aryl methyl sites for hydroxylation is 3. The van der Waals surface area contributed by atoms with E-state index in [0.717, 1.165) is 16.1 Å². The van der Waals surface area contributed by atoms with E-state index < -0.39 is 0 Å². The predicted octanol–water partition coefficient (Wildman–Crippen LogP) is 4.97. The molecule has 0 atom stereocenters. The fourth-order valence-corrected chi connectivity index (χ4v) is 3.59. The van der Waals surface area contributed by atoms with Crippen molar-refractivity contribution in [1.82, 2.24) is 0 Å². The summed E-state index contributed by atoms with van der Waals surface area (Å²) in [6.07, 6.45) is 0. The molecule has 6 heteroatoms. The topological polar surface area (TPSA) is 50.4 Å². The Morgan fingerprint density at radius 3 is 2.50 bits per heavy atom. The SMILES string of the molecule is CCOC(=O)c1c(NC(=S)Nc2ccc(C)c(C)c2)sc(C)c1C. The van der Waals surface area contributed by atoms with Crippen molar-refractivity contribution < 1.29 is 9.53 Å². The summed E-state index contributed by atoms with van der Waals surface area (Å²) in [5.41, 5.74) is 4.82. The van der Waals surface area contributed by atoms with Gasteiger partial charge in [-0.2, -0.15) is 0 Å². The fraction of sp³-hybridized carbons (Fsp3) is 0.333. The Labute approximate surface area is 152 Å². The first-order valence-corrected chi connectivity index (χ1v) is 8.98. The van der Waals surface area contributed by atoms with Crippen molar-refractivity contribution in [2.24, 2.45) is 0 Å². The van der Waals surface area contributed by atoms with Crippen LogP contribution in [0.25, 0.3) is 0 Å². The number of rotatable bonds is 4. The molecule has 1 aromatic heterocycles. The molecule has 2 aromatic rings. The monoisotopic (exact) mass is 362 g/mol. The molecule has 0 aliphatic carbocycles. The van der Waals surface area contributed by atoms with Crippen molar-refractivity contribution in [2.75, 3.05) is 17.2 Å². The van der Waals surface area contributed by atoms with Gasteiger partial charge in [0.25, 0.3) is 0 Å². The van der Waals surface area contributed by atoms with E-state index in [9.17, 15) is 4.79 Å². The maximum Gasteiger partial charge on any atom is 0.341 e. The second-order valence-electron chi connectivity index (χ2n) is 5.59. The molecule has 128 valence electrons. The molecule has 0 aliphatic heterocycles. The summed E-state index contributed by atoms with van der Waals surface area (Å²) in [5.74, 6) is -0.323. The highest BCUT2D eigenvalue weighted by Crippen LogP contribution is 2.33. The Kier molecular flexibility index (Phi) is 5.96. The zero-order chi connectivity index (χ0) is 17.9. The van der Waals surface area contributed by atoms with Crippen molar-refractivity contribution in [3.63, 3.8) is 0 Å². The van der Waals surface area contributed by atoms with Crippen molar-refractivity contribution in [1.29, 1.82) is 0 Å². The van der Waals surface area contributed by atoms with Crippen LogP contribution in [0, 0.1) is 27.7 Å². The average Bonchev–Trinajstić information content (AvgIpc) is 2.77. The Morgan fingerprint density at radius 1 is 1.17 bits per heavy atom. The highest BCUT2D eigenvalue weighted by Gasteiger charge is 2.21. The fourth-order valence-electron chi connectivity index (χ4n) is 2.25. The number of anilines is 2. The first-order valence-electron chi connectivity index (χ1n) is 7.75. The zero-order valence-electron chi connectivity index (χ0n) is 14.6. The summed E-state index contributed by atoms with van der Waals surface area (Å²) in [6, 6.07) is 6.07. The summed E-state index contributed by atoms with van der Waals surface area (Å²) in [5, 5.41) is 7.45. The second-order valence-corrected chi connectivity index (χ2v) is 7.22. The van der Waals surface area contributed by atoms with Crippen LogP contribution in [-0.2, 0) is 4.74 Å². The van der Waals surface area contributed by atoms with Crippen LogP contribution in [0.3, 0.4) is 0 Å². The lowest BCUT2D eigenvalue weighted by Gasteiger charge is -2.12. The van der Waals surface area contributed by atoms with Crippen LogP contribution >= 0.6 is 23.6 Å². The lowest BCUT2D eigenvalue weighted by Crippen LogP contribution is -2.20. The van der Waals surface area contributed by atoms with E-state index in [0.29, 0.717) is 22.3 Å². The minimum Gasteiger partial charge on any atom is -0.462 e. The molecule has 0 aliphatic rings. The van der Waals surface area contributed by atoms with Gasteiger partial charge in [-0.1, -0.05) is 6.07 Å². The molecule has 1 aromatic carbocycles. The second kappa shape index (κ2) is 7.77. The smallest absolute Gasteiger partial charge is 0.341 e. The molecular formula is C18H22N2O2S2. The van der Waals surface area contributed by atoms with E-state index in [1.54, 1.807) is 6.92 Å². The molecule has 0 saturated carbocycles. The number of ether oxygens (including phenoxy) is 1. The normalized spacial score (nSPS) is 10.4. The van der Waals surface area contributed by atoms with E-state index in [4.69, 9.17) is 17.0 Å². The number of thiocarbonyl (C=S) groups is 1. The van der Waals surface area contributed by atoms with Gasteiger partial charge >= 0.3 is 5.97 Å². The average molecular weight is 363 g/mol. The summed E-state index contributed by atoms with van der Waals surface area (Å²) >= 11 is 6.89. The highest BCUT2D eigenvalue weighted by atomic mass is 32.1. The maximum absolute atomic E-state index is 12.2. The number of hydrogen-bond acceptors (Lipinski definition) is 4. The van der Waals surface area contributed by atoms with E-state index in [1.807, 2.05) is 32.0 Å². The van der Waals surface area contributed by atoms with Gasteiger partial charge < -0.3 is 15.4 Å². The number of carbonyl (C=O) groups is 1. The molecule has 0 unspecified atom stereocenters. The van der Waals surface area contributed by atoms with E-state index in [2.05, 4.69) is 24.5 Å². The molecule has 0 amide bonds. The van der Waals surface area contributed by atoms with Crippen LogP contribution in [0.15, 0.2) is 18.2 Å². The molecular weight excluding hydrogens is 340 g/mol. The first-order chi connectivity index (χ1) is 11.3. The molecule has 1 heterocycles. The summed E-state index contributed by atoms with van der Waals surface area (Å²) in [4.78, 5) is 13.3. The van der Waals surface area contributed by atoms with Crippen molar-refractivity contribution >= 4 is 45.3 Å². The molecule has 2 rings (SSSR count). The minimum absolute atomic E-state index is 0.323. The van der Waals surface area contributed by atoms with Crippen LogP contribution in [0.2, 0.25) is 0 Å². The van der Waals surface area contributed by atoms with Gasteiger partial charge in [0, 0.05) is 10.6 Å². The zero-order valence-corrected chi connectivity index (χ0v) is 16.2. The maximum atomic E-state index is 12.2. The van der Waals surface area contributed by atoms with Crippen molar-refractivity contribution in [3.05, 3.63) is 45.3 Å². The third kappa shape index (κ3) is 4.13. The minimum atomic E-state index is -0.323. The number of esters is 1. The lowest BCUT2D eigenvalue weighted by molar-refractivity contribution is 0.0527. The Bertz CT molecular complexity index is 782. The lowest BCUT2D eigenvalue weighted by atomic mass is 10.1. The van der Waals surface area contributed by atoms with Gasteiger partial charge in [0.1, 0.15) is 5.00 Å². The number of benzene rings is 1. The Hall–Kier alpha value is -1.92. The summed E-state index contributed by atoms with van der Waals surface area (Å²) < 4.78 is 5.16. The van der Waals surface area contributed by atoms with Gasteiger partial charge in [-0.15, -0.1) is 11.3 Å². The number of thiophene rings is 1.